The van der Waals surface area contributed by atoms with Crippen LogP contribution in [0, 0.1) is 5.82 Å². The summed E-state index contributed by atoms with van der Waals surface area (Å²) in [6, 6.07) is 26.4. The first-order valence-corrected chi connectivity index (χ1v) is 9.99. The van der Waals surface area contributed by atoms with E-state index in [2.05, 4.69) is 22.7 Å². The number of rotatable bonds is 6. The van der Waals surface area contributed by atoms with Crippen LogP contribution in [0.25, 0.3) is 11.1 Å². The van der Waals surface area contributed by atoms with Gasteiger partial charge in [-0.25, -0.2) is 4.39 Å². The number of benzene rings is 3. The smallest absolute Gasteiger partial charge is 0.143 e. The van der Waals surface area contributed by atoms with Gasteiger partial charge in [-0.3, -0.25) is 5.43 Å². The molecule has 1 aromatic heterocycles. The Morgan fingerprint density at radius 2 is 1.69 bits per heavy atom. The van der Waals surface area contributed by atoms with Crippen LogP contribution in [0.1, 0.15) is 10.4 Å². The van der Waals surface area contributed by atoms with Crippen LogP contribution in [-0.2, 0) is 0 Å². The first kappa shape index (κ1) is 18.9. The molecule has 3 nitrogen and oxygen atoms in total. The molecule has 5 heteroatoms. The summed E-state index contributed by atoms with van der Waals surface area (Å²) in [5.74, 6) is 0.419. The average Bonchev–Trinajstić information content (AvgIpc) is 3.30. The first-order chi connectivity index (χ1) is 14.2. The molecule has 0 aliphatic carbocycles. The molecule has 1 N–H and O–H groups in total. The third-order valence-corrected chi connectivity index (χ3v) is 5.34. The number of thiophene rings is 1. The van der Waals surface area contributed by atoms with Crippen molar-refractivity contribution in [3.63, 3.8) is 0 Å². The summed E-state index contributed by atoms with van der Waals surface area (Å²) in [6.07, 6.45) is 0. The van der Waals surface area contributed by atoms with Gasteiger partial charge in [-0.2, -0.15) is 5.10 Å². The molecular formula is C24H19FN2OS. The SMILES string of the molecule is COc1ccc(-c2ccccc2)cc1N/N=C(\c1ccc(F)cc1)c1cccs1. The van der Waals surface area contributed by atoms with E-state index < -0.39 is 0 Å². The lowest BCUT2D eigenvalue weighted by Gasteiger charge is -2.12. The number of nitrogens with one attached hydrogen (secondary N) is 1. The number of anilines is 1. The summed E-state index contributed by atoms with van der Waals surface area (Å²) in [7, 11) is 1.63. The summed E-state index contributed by atoms with van der Waals surface area (Å²) in [5.41, 5.74) is 7.65. The van der Waals surface area contributed by atoms with Gasteiger partial charge in [0.25, 0.3) is 0 Å². The van der Waals surface area contributed by atoms with Crippen molar-refractivity contribution >= 4 is 22.7 Å². The maximum absolute atomic E-state index is 13.4. The third kappa shape index (κ3) is 4.36. The van der Waals surface area contributed by atoms with E-state index in [1.54, 1.807) is 30.6 Å². The second-order valence-electron chi connectivity index (χ2n) is 6.34. The minimum atomic E-state index is -0.274. The van der Waals surface area contributed by atoms with E-state index in [9.17, 15) is 4.39 Å². The van der Waals surface area contributed by atoms with Crippen molar-refractivity contribution in [3.05, 3.63) is 107 Å². The quantitative estimate of drug-likeness (QED) is 0.298. The van der Waals surface area contributed by atoms with Crippen molar-refractivity contribution in [2.24, 2.45) is 5.10 Å². The minimum absolute atomic E-state index is 0.274. The van der Waals surface area contributed by atoms with E-state index in [1.165, 1.54) is 12.1 Å². The fraction of sp³-hybridized carbons (Fsp3) is 0.0417. The van der Waals surface area contributed by atoms with Gasteiger partial charge in [0.15, 0.2) is 0 Å². The van der Waals surface area contributed by atoms with Crippen LogP contribution in [0.2, 0.25) is 0 Å². The van der Waals surface area contributed by atoms with E-state index in [0.717, 1.165) is 33.0 Å². The van der Waals surface area contributed by atoms with Crippen molar-refractivity contribution in [3.8, 4) is 16.9 Å². The van der Waals surface area contributed by atoms with Gasteiger partial charge in [0.05, 0.1) is 17.7 Å². The maximum Gasteiger partial charge on any atom is 0.143 e. The first-order valence-electron chi connectivity index (χ1n) is 9.11. The molecule has 1 heterocycles. The summed E-state index contributed by atoms with van der Waals surface area (Å²) >= 11 is 1.58. The van der Waals surface area contributed by atoms with Gasteiger partial charge >= 0.3 is 0 Å². The van der Waals surface area contributed by atoms with E-state index in [4.69, 9.17) is 4.74 Å². The summed E-state index contributed by atoms with van der Waals surface area (Å²) in [6.45, 7) is 0. The Kier molecular flexibility index (Phi) is 5.68. The van der Waals surface area contributed by atoms with Crippen LogP contribution in [0.3, 0.4) is 0 Å². The minimum Gasteiger partial charge on any atom is -0.495 e. The monoisotopic (exact) mass is 402 g/mol. The van der Waals surface area contributed by atoms with E-state index >= 15 is 0 Å². The summed E-state index contributed by atoms with van der Waals surface area (Å²) in [5, 5.41) is 6.65. The molecule has 0 saturated carbocycles. The van der Waals surface area contributed by atoms with Crippen molar-refractivity contribution in [2.45, 2.75) is 0 Å². The van der Waals surface area contributed by atoms with Crippen LogP contribution in [0.4, 0.5) is 10.1 Å². The van der Waals surface area contributed by atoms with Crippen LogP contribution < -0.4 is 10.2 Å². The van der Waals surface area contributed by atoms with Gasteiger partial charge in [0.2, 0.25) is 0 Å². The second kappa shape index (κ2) is 8.71. The lowest BCUT2D eigenvalue weighted by atomic mass is 10.0. The number of methoxy groups -OCH3 is 1. The number of halogens is 1. The fourth-order valence-electron chi connectivity index (χ4n) is 3.00. The standard InChI is InChI=1S/C24H19FN2OS/c1-28-22-14-11-19(17-6-3-2-4-7-17)16-21(22)26-27-24(23-8-5-15-29-23)18-9-12-20(25)13-10-18/h2-16,26H,1H3/b27-24+. The molecule has 0 unspecified atom stereocenters. The number of hydrogen-bond donors (Lipinski definition) is 1. The van der Waals surface area contributed by atoms with Crippen molar-refractivity contribution in [1.82, 2.24) is 0 Å². The molecule has 0 amide bonds. The Balaban J connectivity index is 1.72. The molecule has 0 saturated heterocycles. The molecule has 0 radical (unpaired) electrons. The molecule has 144 valence electrons. The largest absolute Gasteiger partial charge is 0.495 e. The highest BCUT2D eigenvalue weighted by Crippen LogP contribution is 2.31. The lowest BCUT2D eigenvalue weighted by Crippen LogP contribution is -2.05. The topological polar surface area (TPSA) is 33.6 Å². The van der Waals surface area contributed by atoms with Crippen LogP contribution in [0.15, 0.2) is 95.4 Å². The number of hydrogen-bond acceptors (Lipinski definition) is 4. The molecular weight excluding hydrogens is 383 g/mol. The predicted molar refractivity (Wildman–Crippen MR) is 118 cm³/mol. The highest BCUT2D eigenvalue weighted by atomic mass is 32.1. The molecule has 0 aliphatic rings. The predicted octanol–water partition coefficient (Wildman–Crippen LogP) is 6.43. The fourth-order valence-corrected chi connectivity index (χ4v) is 3.74. The van der Waals surface area contributed by atoms with Gasteiger partial charge in [0.1, 0.15) is 17.3 Å². The molecule has 29 heavy (non-hydrogen) atoms. The lowest BCUT2D eigenvalue weighted by molar-refractivity contribution is 0.416. The van der Waals surface area contributed by atoms with Crippen LogP contribution >= 0.6 is 11.3 Å². The summed E-state index contributed by atoms with van der Waals surface area (Å²) < 4.78 is 18.9. The Morgan fingerprint density at radius 1 is 0.897 bits per heavy atom. The van der Waals surface area contributed by atoms with Crippen LogP contribution in [-0.4, -0.2) is 12.8 Å². The van der Waals surface area contributed by atoms with Gasteiger partial charge < -0.3 is 4.74 Å². The highest BCUT2D eigenvalue weighted by Gasteiger charge is 2.11. The molecule has 0 aliphatic heterocycles. The molecule has 0 fully saturated rings. The van der Waals surface area contributed by atoms with Gasteiger partial charge in [-0.15, -0.1) is 11.3 Å². The van der Waals surface area contributed by atoms with E-state index in [0.29, 0.717) is 5.75 Å². The van der Waals surface area contributed by atoms with Crippen molar-refractivity contribution in [1.29, 1.82) is 0 Å². The van der Waals surface area contributed by atoms with E-state index in [1.807, 2.05) is 53.9 Å². The van der Waals surface area contributed by atoms with E-state index in [-0.39, 0.29) is 5.82 Å². The maximum atomic E-state index is 13.4. The molecule has 0 atom stereocenters. The van der Waals surface area contributed by atoms with Crippen molar-refractivity contribution in [2.75, 3.05) is 12.5 Å². The molecule has 0 spiro atoms. The van der Waals surface area contributed by atoms with Crippen molar-refractivity contribution < 1.29 is 9.13 Å². The molecule has 3 aromatic carbocycles. The molecule has 4 aromatic rings. The zero-order chi connectivity index (χ0) is 20.1. The number of ether oxygens (including phenoxy) is 1. The second-order valence-corrected chi connectivity index (χ2v) is 7.29. The molecule has 0 bridgehead atoms. The Hall–Kier alpha value is -3.44. The normalized spacial score (nSPS) is 11.3. The Morgan fingerprint density at radius 3 is 2.38 bits per heavy atom. The average molecular weight is 402 g/mol. The van der Waals surface area contributed by atoms with Gasteiger partial charge in [-0.05, 0) is 59.0 Å². The van der Waals surface area contributed by atoms with Gasteiger partial charge in [-0.1, -0.05) is 42.5 Å². The number of nitrogens with zero attached hydrogens (tertiary/aromatic N) is 1. The Bertz CT molecular complexity index is 1110. The number of hydrazone groups is 1. The van der Waals surface area contributed by atoms with Gasteiger partial charge in [0, 0.05) is 5.56 Å². The molecule has 4 rings (SSSR count). The highest BCUT2D eigenvalue weighted by molar-refractivity contribution is 7.12. The Labute approximate surface area is 173 Å². The zero-order valence-electron chi connectivity index (χ0n) is 15.8. The third-order valence-electron chi connectivity index (χ3n) is 4.47. The summed E-state index contributed by atoms with van der Waals surface area (Å²) in [4.78, 5) is 0.988. The van der Waals surface area contributed by atoms with Crippen LogP contribution in [0.5, 0.6) is 5.75 Å². The zero-order valence-corrected chi connectivity index (χ0v) is 16.6.